The van der Waals surface area contributed by atoms with Crippen LogP contribution in [0.1, 0.15) is 53.3 Å². The normalized spacial score (nSPS) is 10.6. The predicted molar refractivity (Wildman–Crippen MR) is 110 cm³/mol. The molecule has 4 nitrogen and oxygen atoms in total. The lowest BCUT2D eigenvalue weighted by molar-refractivity contribution is 0.0489. The summed E-state index contributed by atoms with van der Waals surface area (Å²) >= 11 is 0. The van der Waals surface area contributed by atoms with Crippen LogP contribution in [0.4, 0.5) is 0 Å². The van der Waals surface area contributed by atoms with E-state index in [1.165, 1.54) is 0 Å². The SMILES string of the molecule is CCCCCCOC(=O)c1ccccc1C(=O)Oc1cccc2ccccc12. The minimum atomic E-state index is -0.574. The third kappa shape index (κ3) is 4.77. The summed E-state index contributed by atoms with van der Waals surface area (Å²) < 4.78 is 11.0. The Balaban J connectivity index is 1.74. The van der Waals surface area contributed by atoms with Gasteiger partial charge in [0.15, 0.2) is 0 Å². The van der Waals surface area contributed by atoms with Crippen molar-refractivity contribution in [3.8, 4) is 5.75 Å². The molecular formula is C24H24O4. The number of rotatable bonds is 8. The second-order valence-electron chi connectivity index (χ2n) is 6.61. The molecule has 0 radical (unpaired) electrons. The van der Waals surface area contributed by atoms with Gasteiger partial charge in [-0.1, -0.05) is 74.7 Å². The average molecular weight is 376 g/mol. The molecule has 0 aliphatic rings. The fourth-order valence-corrected chi connectivity index (χ4v) is 3.05. The first kappa shape index (κ1) is 19.6. The fourth-order valence-electron chi connectivity index (χ4n) is 3.05. The molecule has 4 heteroatoms. The second kappa shape index (κ2) is 9.70. The topological polar surface area (TPSA) is 52.6 Å². The molecule has 0 bridgehead atoms. The van der Waals surface area contributed by atoms with Gasteiger partial charge in [0.1, 0.15) is 5.75 Å². The van der Waals surface area contributed by atoms with E-state index in [4.69, 9.17) is 9.47 Å². The van der Waals surface area contributed by atoms with Crippen LogP contribution in [0.15, 0.2) is 66.7 Å². The fraction of sp³-hybridized carbons (Fsp3) is 0.250. The Morgan fingerprint density at radius 1 is 0.750 bits per heavy atom. The molecule has 3 rings (SSSR count). The minimum Gasteiger partial charge on any atom is -0.462 e. The molecule has 0 N–H and O–H groups in total. The molecule has 0 amide bonds. The Morgan fingerprint density at radius 3 is 2.21 bits per heavy atom. The summed E-state index contributed by atoms with van der Waals surface area (Å²) in [4.78, 5) is 25.2. The van der Waals surface area contributed by atoms with Gasteiger partial charge in [0.25, 0.3) is 0 Å². The molecule has 0 atom stereocenters. The quantitative estimate of drug-likeness (QED) is 0.283. The summed E-state index contributed by atoms with van der Waals surface area (Å²) in [5, 5.41) is 1.82. The molecule has 144 valence electrons. The first-order valence-electron chi connectivity index (χ1n) is 9.67. The first-order chi connectivity index (χ1) is 13.7. The molecule has 0 aliphatic heterocycles. The highest BCUT2D eigenvalue weighted by Gasteiger charge is 2.20. The zero-order valence-electron chi connectivity index (χ0n) is 16.0. The van der Waals surface area contributed by atoms with Crippen LogP contribution in [0.3, 0.4) is 0 Å². The number of esters is 2. The van der Waals surface area contributed by atoms with Crippen LogP contribution in [-0.4, -0.2) is 18.5 Å². The van der Waals surface area contributed by atoms with Crippen molar-refractivity contribution in [1.29, 1.82) is 0 Å². The molecule has 3 aromatic carbocycles. The molecule has 0 unspecified atom stereocenters. The van der Waals surface area contributed by atoms with E-state index in [9.17, 15) is 9.59 Å². The largest absolute Gasteiger partial charge is 0.462 e. The number of hydrogen-bond donors (Lipinski definition) is 0. The molecule has 0 aliphatic carbocycles. The van der Waals surface area contributed by atoms with Crippen molar-refractivity contribution in [3.63, 3.8) is 0 Å². The zero-order valence-corrected chi connectivity index (χ0v) is 16.0. The van der Waals surface area contributed by atoms with Crippen molar-refractivity contribution in [2.75, 3.05) is 6.61 Å². The van der Waals surface area contributed by atoms with Gasteiger partial charge in [-0.25, -0.2) is 9.59 Å². The Morgan fingerprint density at radius 2 is 1.43 bits per heavy atom. The van der Waals surface area contributed by atoms with Crippen molar-refractivity contribution < 1.29 is 19.1 Å². The van der Waals surface area contributed by atoms with Gasteiger partial charge >= 0.3 is 11.9 Å². The van der Waals surface area contributed by atoms with Gasteiger partial charge in [0.2, 0.25) is 0 Å². The zero-order chi connectivity index (χ0) is 19.8. The van der Waals surface area contributed by atoms with Crippen LogP contribution in [0.25, 0.3) is 10.8 Å². The summed E-state index contributed by atoms with van der Waals surface area (Å²) in [6, 6.07) is 19.8. The Labute approximate surface area is 165 Å². The molecular weight excluding hydrogens is 352 g/mol. The maximum absolute atomic E-state index is 12.8. The highest BCUT2D eigenvalue weighted by Crippen LogP contribution is 2.26. The predicted octanol–water partition coefficient (Wildman–Crippen LogP) is 5.80. The lowest BCUT2D eigenvalue weighted by Crippen LogP contribution is -2.16. The van der Waals surface area contributed by atoms with Crippen LogP contribution in [0.5, 0.6) is 5.75 Å². The summed E-state index contributed by atoms with van der Waals surface area (Å²) in [6.45, 7) is 2.48. The lowest BCUT2D eigenvalue weighted by atomic mass is 10.1. The Bertz CT molecular complexity index is 956. The van der Waals surface area contributed by atoms with Crippen LogP contribution < -0.4 is 4.74 Å². The van der Waals surface area contributed by atoms with Gasteiger partial charge in [0.05, 0.1) is 17.7 Å². The maximum atomic E-state index is 12.8. The number of fused-ring (bicyclic) bond motifs is 1. The van der Waals surface area contributed by atoms with E-state index in [2.05, 4.69) is 6.92 Å². The van der Waals surface area contributed by atoms with Gasteiger partial charge in [-0.15, -0.1) is 0 Å². The number of benzene rings is 3. The first-order valence-corrected chi connectivity index (χ1v) is 9.67. The van der Waals surface area contributed by atoms with Gasteiger partial charge < -0.3 is 9.47 Å². The molecule has 28 heavy (non-hydrogen) atoms. The summed E-state index contributed by atoms with van der Waals surface area (Å²) in [6.07, 6.45) is 4.08. The van der Waals surface area contributed by atoms with Crippen molar-refractivity contribution in [3.05, 3.63) is 77.9 Å². The summed E-state index contributed by atoms with van der Waals surface area (Å²) in [5.74, 6) is -0.609. The molecule has 0 saturated carbocycles. The van der Waals surface area contributed by atoms with Crippen LogP contribution in [0.2, 0.25) is 0 Å². The monoisotopic (exact) mass is 376 g/mol. The molecule has 3 aromatic rings. The third-order valence-electron chi connectivity index (χ3n) is 4.55. The van der Waals surface area contributed by atoms with E-state index in [0.29, 0.717) is 12.4 Å². The number of unbranched alkanes of at least 4 members (excludes halogenated alkanes) is 3. The van der Waals surface area contributed by atoms with Crippen molar-refractivity contribution >= 4 is 22.7 Å². The minimum absolute atomic E-state index is 0.203. The summed E-state index contributed by atoms with van der Waals surface area (Å²) in [5.41, 5.74) is 0.428. The van der Waals surface area contributed by atoms with Crippen LogP contribution in [-0.2, 0) is 4.74 Å². The van der Waals surface area contributed by atoms with Gasteiger partial charge in [0, 0.05) is 5.39 Å². The Kier molecular flexibility index (Phi) is 6.79. The van der Waals surface area contributed by atoms with Crippen molar-refractivity contribution in [2.45, 2.75) is 32.6 Å². The highest BCUT2D eigenvalue weighted by molar-refractivity contribution is 6.04. The van der Waals surface area contributed by atoms with Gasteiger partial charge in [-0.2, -0.15) is 0 Å². The van der Waals surface area contributed by atoms with Gasteiger partial charge in [-0.05, 0) is 30.0 Å². The molecule has 0 aromatic heterocycles. The average Bonchev–Trinajstić information content (AvgIpc) is 2.73. The van der Waals surface area contributed by atoms with E-state index in [1.807, 2.05) is 36.4 Å². The molecule has 0 fully saturated rings. The smallest absolute Gasteiger partial charge is 0.344 e. The van der Waals surface area contributed by atoms with Crippen molar-refractivity contribution in [2.24, 2.45) is 0 Å². The number of hydrogen-bond acceptors (Lipinski definition) is 4. The molecule has 0 spiro atoms. The van der Waals surface area contributed by atoms with Crippen LogP contribution in [0, 0.1) is 0 Å². The molecule has 0 saturated heterocycles. The lowest BCUT2D eigenvalue weighted by Gasteiger charge is -2.11. The molecule has 0 heterocycles. The van der Waals surface area contributed by atoms with Crippen molar-refractivity contribution in [1.82, 2.24) is 0 Å². The second-order valence-corrected chi connectivity index (χ2v) is 6.61. The van der Waals surface area contributed by atoms with E-state index >= 15 is 0 Å². The summed E-state index contributed by atoms with van der Waals surface area (Å²) in [7, 11) is 0. The number of carbonyl (C=O) groups is 2. The maximum Gasteiger partial charge on any atom is 0.344 e. The van der Waals surface area contributed by atoms with E-state index in [1.54, 1.807) is 30.3 Å². The number of carbonyl (C=O) groups excluding carboxylic acids is 2. The van der Waals surface area contributed by atoms with E-state index < -0.39 is 11.9 Å². The Hall–Kier alpha value is -3.14. The number of ether oxygens (including phenoxy) is 2. The highest BCUT2D eigenvalue weighted by atomic mass is 16.5. The van der Waals surface area contributed by atoms with E-state index in [0.717, 1.165) is 36.5 Å². The van der Waals surface area contributed by atoms with E-state index in [-0.39, 0.29) is 11.1 Å². The third-order valence-corrected chi connectivity index (χ3v) is 4.55. The standard InChI is InChI=1S/C24H24O4/c1-2-3-4-9-17-27-23(25)20-14-7-8-15-21(20)24(26)28-22-16-10-12-18-11-5-6-13-19(18)22/h5-8,10-16H,2-4,9,17H2,1H3. The van der Waals surface area contributed by atoms with Gasteiger partial charge in [-0.3, -0.25) is 0 Å². The van der Waals surface area contributed by atoms with Crippen LogP contribution >= 0.6 is 0 Å².